The number of hydrogen-bond acceptors (Lipinski definition) is 9. The largest absolute Gasteiger partial charge is 0.478 e. The number of carboxylic acids is 1. The van der Waals surface area contributed by atoms with Crippen LogP contribution < -0.4 is 10.6 Å². The van der Waals surface area contributed by atoms with Crippen LogP contribution in [0.5, 0.6) is 0 Å². The highest BCUT2D eigenvalue weighted by Gasteiger charge is 2.50. The first kappa shape index (κ1) is 26.0. The lowest BCUT2D eigenvalue weighted by Crippen LogP contribution is -2.47. The second-order valence-electron chi connectivity index (χ2n) is 8.97. The van der Waals surface area contributed by atoms with Crippen molar-refractivity contribution < 1.29 is 27.9 Å². The number of benzene rings is 1. The number of anilines is 1. The van der Waals surface area contributed by atoms with Crippen LogP contribution >= 0.6 is 22.7 Å². The van der Waals surface area contributed by atoms with Crippen LogP contribution in [-0.2, 0) is 15.1 Å². The summed E-state index contributed by atoms with van der Waals surface area (Å²) in [5.41, 5.74) is -1.26. The fourth-order valence-corrected chi connectivity index (χ4v) is 5.79. The minimum absolute atomic E-state index is 0.0780. The maximum absolute atomic E-state index is 14.6. The Balaban J connectivity index is 1.56. The molecule has 14 heteroatoms. The van der Waals surface area contributed by atoms with E-state index in [0.717, 1.165) is 11.3 Å². The maximum atomic E-state index is 14.6. The molecule has 2 aromatic heterocycles. The zero-order chi connectivity index (χ0) is 27.1. The van der Waals surface area contributed by atoms with E-state index in [2.05, 4.69) is 25.6 Å². The number of nitrogens with one attached hydrogen (secondary N) is 2. The van der Waals surface area contributed by atoms with Gasteiger partial charge in [0.1, 0.15) is 11.4 Å². The molecule has 0 bridgehead atoms. The van der Waals surface area contributed by atoms with Crippen LogP contribution in [0.2, 0.25) is 0 Å². The molecule has 3 N–H and O–H groups in total. The minimum atomic E-state index is -3.17. The number of aliphatic carboxylic acids is 1. The lowest BCUT2D eigenvalue weighted by Gasteiger charge is -2.36. The van der Waals surface area contributed by atoms with Gasteiger partial charge in [-0.3, -0.25) is 9.69 Å². The van der Waals surface area contributed by atoms with E-state index in [1.807, 2.05) is 0 Å². The van der Waals surface area contributed by atoms with Crippen LogP contribution in [-0.4, -0.2) is 62.7 Å². The van der Waals surface area contributed by atoms with E-state index < -0.39 is 48.2 Å². The SMILES string of the molecule is CC1(c2ccc(F)cc2)N=C(c2nccs2)NC(CN2CC(F)(F)CC2C(=O)Nc2nccs2)=C1C(=O)O. The second-order valence-corrected chi connectivity index (χ2v) is 10.8. The Kier molecular flexibility index (Phi) is 6.79. The Labute approximate surface area is 222 Å². The van der Waals surface area contributed by atoms with Crippen LogP contribution in [0.1, 0.15) is 23.9 Å². The number of thiazole rings is 2. The Bertz CT molecular complexity index is 1410. The van der Waals surface area contributed by atoms with Crippen molar-refractivity contribution in [1.82, 2.24) is 20.2 Å². The van der Waals surface area contributed by atoms with Crippen molar-refractivity contribution >= 4 is 45.5 Å². The number of carbonyl (C=O) groups excluding carboxylic acids is 1. The molecule has 1 fully saturated rings. The summed E-state index contributed by atoms with van der Waals surface area (Å²) < 4.78 is 42.9. The van der Waals surface area contributed by atoms with Gasteiger partial charge in [-0.2, -0.15) is 0 Å². The molecule has 2 atom stereocenters. The molecular weight excluding hydrogens is 541 g/mol. The van der Waals surface area contributed by atoms with E-state index >= 15 is 0 Å². The smallest absolute Gasteiger partial charge is 0.336 e. The monoisotopic (exact) mass is 562 g/mol. The molecule has 0 radical (unpaired) electrons. The van der Waals surface area contributed by atoms with Gasteiger partial charge in [0, 0.05) is 41.8 Å². The number of halogens is 3. The van der Waals surface area contributed by atoms with Gasteiger partial charge in [0.15, 0.2) is 16.0 Å². The topological polar surface area (TPSA) is 120 Å². The summed E-state index contributed by atoms with van der Waals surface area (Å²) in [7, 11) is 0. The van der Waals surface area contributed by atoms with Crippen molar-refractivity contribution in [2.24, 2.45) is 4.99 Å². The Hall–Kier alpha value is -3.62. The average Bonchev–Trinajstić information content (AvgIpc) is 3.61. The van der Waals surface area contributed by atoms with Crippen molar-refractivity contribution in [2.75, 3.05) is 18.4 Å². The second kappa shape index (κ2) is 9.93. The number of amides is 1. The third-order valence-electron chi connectivity index (χ3n) is 6.34. The number of aromatic nitrogens is 2. The number of amidine groups is 1. The van der Waals surface area contributed by atoms with E-state index in [9.17, 15) is 27.9 Å². The molecule has 2 aliphatic rings. The van der Waals surface area contributed by atoms with Gasteiger partial charge in [0.2, 0.25) is 5.91 Å². The highest BCUT2D eigenvalue weighted by atomic mass is 32.1. The highest BCUT2D eigenvalue weighted by Crippen LogP contribution is 2.40. The van der Waals surface area contributed by atoms with E-state index in [1.165, 1.54) is 46.7 Å². The third-order valence-corrected chi connectivity index (χ3v) is 7.81. The van der Waals surface area contributed by atoms with Crippen molar-refractivity contribution in [3.8, 4) is 0 Å². The molecule has 1 aromatic carbocycles. The number of carbonyl (C=O) groups is 2. The lowest BCUT2D eigenvalue weighted by atomic mass is 9.82. The van der Waals surface area contributed by atoms with E-state index in [-0.39, 0.29) is 28.8 Å². The summed E-state index contributed by atoms with van der Waals surface area (Å²) in [6.45, 7) is 0.496. The number of alkyl halides is 2. The molecule has 5 rings (SSSR count). The molecule has 9 nitrogen and oxygen atoms in total. The zero-order valence-electron chi connectivity index (χ0n) is 19.8. The number of hydrogen-bond donors (Lipinski definition) is 3. The van der Waals surface area contributed by atoms with Gasteiger partial charge in [-0.1, -0.05) is 12.1 Å². The first-order chi connectivity index (χ1) is 18.1. The molecule has 38 heavy (non-hydrogen) atoms. The van der Waals surface area contributed by atoms with Crippen molar-refractivity contribution in [1.29, 1.82) is 0 Å². The van der Waals surface area contributed by atoms with Gasteiger partial charge in [0.05, 0.1) is 18.2 Å². The molecule has 1 saturated heterocycles. The van der Waals surface area contributed by atoms with Gasteiger partial charge < -0.3 is 15.7 Å². The van der Waals surface area contributed by atoms with Crippen LogP contribution in [0.15, 0.2) is 63.7 Å². The number of likely N-dealkylation sites (tertiary alicyclic amines) is 1. The first-order valence-corrected chi connectivity index (χ1v) is 13.1. The van der Waals surface area contributed by atoms with Gasteiger partial charge in [0.25, 0.3) is 5.92 Å². The predicted molar refractivity (Wildman–Crippen MR) is 136 cm³/mol. The summed E-state index contributed by atoms with van der Waals surface area (Å²) >= 11 is 2.40. The number of nitrogens with zero attached hydrogens (tertiary/aromatic N) is 4. The molecule has 0 aliphatic carbocycles. The van der Waals surface area contributed by atoms with Gasteiger partial charge in [-0.15, -0.1) is 22.7 Å². The summed E-state index contributed by atoms with van der Waals surface area (Å²) in [5.74, 6) is -5.45. The molecule has 4 heterocycles. The van der Waals surface area contributed by atoms with E-state index in [0.29, 0.717) is 10.6 Å². The van der Waals surface area contributed by atoms with Crippen LogP contribution in [0.3, 0.4) is 0 Å². The van der Waals surface area contributed by atoms with Crippen molar-refractivity contribution in [2.45, 2.75) is 30.8 Å². The quantitative estimate of drug-likeness (QED) is 0.402. The zero-order valence-corrected chi connectivity index (χ0v) is 21.5. The summed E-state index contributed by atoms with van der Waals surface area (Å²) in [4.78, 5) is 39.7. The number of carboxylic acid groups (broad SMARTS) is 1. The first-order valence-electron chi connectivity index (χ1n) is 11.4. The van der Waals surface area contributed by atoms with Gasteiger partial charge in [-0.05, 0) is 24.6 Å². The summed E-state index contributed by atoms with van der Waals surface area (Å²) in [6.07, 6.45) is 2.30. The Morgan fingerprint density at radius 3 is 2.53 bits per heavy atom. The third kappa shape index (κ3) is 5.06. The standard InChI is InChI=1S/C24H21F3N6O3S2/c1-23(13-2-4-14(25)5-3-13)17(21(35)36)15(30-18(32-23)20-28-6-8-37-20)11-33-12-24(26,27)10-16(33)19(34)31-22-29-7-9-38-22/h2-9,16H,10-12H2,1H3,(H,30,32)(H,35,36)(H,29,31,34). The van der Waals surface area contributed by atoms with Gasteiger partial charge >= 0.3 is 5.97 Å². The van der Waals surface area contributed by atoms with Gasteiger partial charge in [-0.25, -0.2) is 32.9 Å². The molecule has 0 saturated carbocycles. The maximum Gasteiger partial charge on any atom is 0.336 e. The molecule has 0 spiro atoms. The fourth-order valence-electron chi connectivity index (χ4n) is 4.67. The van der Waals surface area contributed by atoms with Crippen LogP contribution in [0.4, 0.5) is 18.3 Å². The van der Waals surface area contributed by atoms with E-state index in [1.54, 1.807) is 23.9 Å². The predicted octanol–water partition coefficient (Wildman–Crippen LogP) is 3.69. The molecule has 198 valence electrons. The number of rotatable bonds is 7. The lowest BCUT2D eigenvalue weighted by molar-refractivity contribution is -0.133. The molecule has 1 amide bonds. The van der Waals surface area contributed by atoms with Crippen molar-refractivity contribution in [3.05, 3.63) is 75.1 Å². The van der Waals surface area contributed by atoms with Crippen molar-refractivity contribution in [3.63, 3.8) is 0 Å². The molecule has 2 unspecified atom stereocenters. The van der Waals surface area contributed by atoms with E-state index in [4.69, 9.17) is 0 Å². The highest BCUT2D eigenvalue weighted by molar-refractivity contribution is 7.13. The summed E-state index contributed by atoms with van der Waals surface area (Å²) in [6, 6.07) is 4.01. The van der Waals surface area contributed by atoms with Crippen LogP contribution in [0, 0.1) is 5.82 Å². The average molecular weight is 563 g/mol. The molecule has 2 aliphatic heterocycles. The fraction of sp³-hybridized carbons (Fsp3) is 0.292. The minimum Gasteiger partial charge on any atom is -0.478 e. The summed E-state index contributed by atoms with van der Waals surface area (Å²) in [5, 5.41) is 19.9. The molecule has 3 aromatic rings. The Morgan fingerprint density at radius 2 is 1.89 bits per heavy atom. The van der Waals surface area contributed by atoms with Crippen LogP contribution in [0.25, 0.3) is 0 Å². The molecular formula is C24H21F3N6O3S2. The normalized spacial score (nSPS) is 23.2. The Morgan fingerprint density at radius 1 is 1.18 bits per heavy atom. The number of aliphatic imine (C=N–C) groups is 1.